The monoisotopic (exact) mass is 393 g/mol. The summed E-state index contributed by atoms with van der Waals surface area (Å²) >= 11 is 0. The molecule has 2 N–H and O–H groups in total. The van der Waals surface area contributed by atoms with Gasteiger partial charge < -0.3 is 14.8 Å². The van der Waals surface area contributed by atoms with Crippen molar-refractivity contribution >= 4 is 22.6 Å². The Balaban J connectivity index is 2.14. The first-order valence-corrected chi connectivity index (χ1v) is 10.2. The van der Waals surface area contributed by atoms with E-state index in [0.717, 1.165) is 42.5 Å². The highest BCUT2D eigenvalue weighted by Crippen LogP contribution is 2.25. The van der Waals surface area contributed by atoms with E-state index in [2.05, 4.69) is 5.32 Å². The molecule has 1 aromatic heterocycles. The third-order valence-electron chi connectivity index (χ3n) is 5.17. The number of para-hydroxylation sites is 1. The molecule has 1 amide bonds. The number of anilines is 1. The van der Waals surface area contributed by atoms with Crippen LogP contribution in [0.25, 0.3) is 11.0 Å². The summed E-state index contributed by atoms with van der Waals surface area (Å²) in [6.07, 6.45) is 3.76. The molecule has 0 fully saturated rings. The van der Waals surface area contributed by atoms with Crippen LogP contribution >= 0.6 is 0 Å². The van der Waals surface area contributed by atoms with Crippen molar-refractivity contribution in [3.8, 4) is 5.75 Å². The molecule has 0 saturated heterocycles. The lowest BCUT2D eigenvalue weighted by molar-refractivity contribution is 0.102. The van der Waals surface area contributed by atoms with Crippen molar-refractivity contribution in [1.82, 2.24) is 0 Å². The number of benzene rings is 2. The molecule has 3 aromatic rings. The highest BCUT2D eigenvalue weighted by molar-refractivity contribution is 6.07. The Morgan fingerprint density at radius 3 is 2.38 bits per heavy atom. The number of aryl methyl sites for hydroxylation is 3. The molecule has 5 heteroatoms. The van der Waals surface area contributed by atoms with Crippen molar-refractivity contribution in [3.63, 3.8) is 0 Å². The van der Waals surface area contributed by atoms with Crippen LogP contribution in [0, 0.1) is 0 Å². The number of fused-ring (bicyclic) bond motifs is 1. The number of phenolic OH excluding ortho intramolecular Hbond substituents is 1. The fraction of sp³-hybridized carbons (Fsp3) is 0.333. The molecule has 0 aliphatic rings. The summed E-state index contributed by atoms with van der Waals surface area (Å²) in [5, 5.41) is 13.0. The first-order valence-electron chi connectivity index (χ1n) is 10.2. The number of rotatable bonds is 7. The molecule has 1 heterocycles. The van der Waals surface area contributed by atoms with E-state index in [-0.39, 0.29) is 16.7 Å². The predicted octanol–water partition coefficient (Wildman–Crippen LogP) is 5.22. The van der Waals surface area contributed by atoms with E-state index in [1.54, 1.807) is 6.07 Å². The van der Waals surface area contributed by atoms with Gasteiger partial charge in [0.15, 0.2) is 0 Å². The van der Waals surface area contributed by atoms with Gasteiger partial charge in [-0.05, 0) is 48.6 Å². The third-order valence-corrected chi connectivity index (χ3v) is 5.17. The number of nitrogens with one attached hydrogen (secondary N) is 1. The normalized spacial score (nSPS) is 11.0. The van der Waals surface area contributed by atoms with Gasteiger partial charge in [0.05, 0.1) is 5.39 Å². The van der Waals surface area contributed by atoms with Crippen molar-refractivity contribution < 1.29 is 14.3 Å². The number of phenols is 1. The second-order valence-corrected chi connectivity index (χ2v) is 7.13. The quantitative estimate of drug-likeness (QED) is 0.577. The Hall–Kier alpha value is -3.08. The zero-order chi connectivity index (χ0) is 21.0. The maximum absolute atomic E-state index is 13.3. The van der Waals surface area contributed by atoms with Crippen LogP contribution in [0.2, 0.25) is 0 Å². The summed E-state index contributed by atoms with van der Waals surface area (Å²) in [6.45, 7) is 6.11. The average molecular weight is 393 g/mol. The Labute approximate surface area is 170 Å². The molecule has 0 radical (unpaired) electrons. The molecule has 0 bridgehead atoms. The van der Waals surface area contributed by atoms with Crippen LogP contribution in [0.15, 0.2) is 45.6 Å². The number of carbonyl (C=O) groups excluding carboxylic acids is 1. The van der Waals surface area contributed by atoms with E-state index < -0.39 is 11.3 Å². The maximum Gasteiger partial charge on any atom is 0.263 e. The van der Waals surface area contributed by atoms with Gasteiger partial charge in [0, 0.05) is 12.1 Å². The number of hydrogen-bond donors (Lipinski definition) is 2. The maximum atomic E-state index is 13.3. The number of amides is 1. The Morgan fingerprint density at radius 2 is 1.76 bits per heavy atom. The fourth-order valence-corrected chi connectivity index (χ4v) is 3.55. The first kappa shape index (κ1) is 20.6. The second-order valence-electron chi connectivity index (χ2n) is 7.13. The Bertz CT molecular complexity index is 1080. The highest BCUT2D eigenvalue weighted by atomic mass is 16.3. The van der Waals surface area contributed by atoms with Crippen LogP contribution in [0.1, 0.15) is 60.9 Å². The summed E-state index contributed by atoms with van der Waals surface area (Å²) in [5.74, 6) is -0.118. The van der Waals surface area contributed by atoms with Crippen LogP contribution in [-0.4, -0.2) is 11.0 Å². The Kier molecular flexibility index (Phi) is 6.37. The van der Waals surface area contributed by atoms with E-state index >= 15 is 0 Å². The van der Waals surface area contributed by atoms with Crippen molar-refractivity contribution in [2.45, 2.75) is 52.9 Å². The summed E-state index contributed by atoms with van der Waals surface area (Å²) in [5.41, 5.74) is 2.78. The lowest BCUT2D eigenvalue weighted by Crippen LogP contribution is -2.25. The van der Waals surface area contributed by atoms with Gasteiger partial charge in [0.25, 0.3) is 5.91 Å². The van der Waals surface area contributed by atoms with Gasteiger partial charge in [0.1, 0.15) is 22.7 Å². The number of hydrogen-bond acceptors (Lipinski definition) is 4. The molecule has 0 saturated carbocycles. The van der Waals surface area contributed by atoms with Gasteiger partial charge in [-0.3, -0.25) is 9.59 Å². The first-order chi connectivity index (χ1) is 14.0. The van der Waals surface area contributed by atoms with E-state index in [0.29, 0.717) is 17.8 Å². The molecule has 0 atom stereocenters. The lowest BCUT2D eigenvalue weighted by Gasteiger charge is -2.15. The molecule has 2 aromatic carbocycles. The molecule has 0 unspecified atom stereocenters. The van der Waals surface area contributed by atoms with Gasteiger partial charge in [-0.25, -0.2) is 0 Å². The van der Waals surface area contributed by atoms with Gasteiger partial charge in [-0.15, -0.1) is 0 Å². The van der Waals surface area contributed by atoms with Crippen LogP contribution in [0.3, 0.4) is 0 Å². The van der Waals surface area contributed by atoms with Crippen LogP contribution in [0.5, 0.6) is 5.75 Å². The minimum absolute atomic E-state index is 0.0181. The van der Waals surface area contributed by atoms with Crippen LogP contribution in [0.4, 0.5) is 5.69 Å². The average Bonchev–Trinajstić information content (AvgIpc) is 2.72. The Morgan fingerprint density at radius 1 is 1.07 bits per heavy atom. The van der Waals surface area contributed by atoms with Gasteiger partial charge >= 0.3 is 0 Å². The second kappa shape index (κ2) is 8.95. The molecular formula is C24H27NO4. The van der Waals surface area contributed by atoms with Crippen LogP contribution in [-0.2, 0) is 19.3 Å². The predicted molar refractivity (Wildman–Crippen MR) is 116 cm³/mol. The number of aromatic hydroxyl groups is 1. The molecular weight excluding hydrogens is 366 g/mol. The minimum Gasteiger partial charge on any atom is -0.508 e. The smallest absolute Gasteiger partial charge is 0.263 e. The summed E-state index contributed by atoms with van der Waals surface area (Å²) in [4.78, 5) is 26.4. The van der Waals surface area contributed by atoms with Gasteiger partial charge in [-0.2, -0.15) is 0 Å². The van der Waals surface area contributed by atoms with Gasteiger partial charge in [0.2, 0.25) is 5.43 Å². The molecule has 152 valence electrons. The van der Waals surface area contributed by atoms with Crippen LogP contribution < -0.4 is 10.7 Å². The zero-order valence-corrected chi connectivity index (χ0v) is 17.2. The largest absolute Gasteiger partial charge is 0.508 e. The number of unbranched alkanes of at least 4 members (excludes halogenated alkanes) is 1. The summed E-state index contributed by atoms with van der Waals surface area (Å²) in [6, 6.07) is 10.3. The number of carbonyl (C=O) groups is 1. The van der Waals surface area contributed by atoms with Crippen molar-refractivity contribution in [1.29, 1.82) is 0 Å². The fourth-order valence-electron chi connectivity index (χ4n) is 3.55. The molecule has 29 heavy (non-hydrogen) atoms. The van der Waals surface area contributed by atoms with Crippen molar-refractivity contribution in [3.05, 3.63) is 69.1 Å². The van der Waals surface area contributed by atoms with E-state index in [9.17, 15) is 14.7 Å². The third kappa shape index (κ3) is 4.19. The van der Waals surface area contributed by atoms with Crippen molar-refractivity contribution in [2.75, 3.05) is 5.32 Å². The zero-order valence-electron chi connectivity index (χ0n) is 17.2. The molecule has 0 aliphatic carbocycles. The minimum atomic E-state index is -0.467. The molecule has 0 spiro atoms. The molecule has 0 aliphatic heterocycles. The SMILES string of the molecule is CCCCc1oc2ccc(O)cc2c(=O)c1C(=O)Nc1c(CC)cccc1CC. The van der Waals surface area contributed by atoms with E-state index in [1.165, 1.54) is 12.1 Å². The highest BCUT2D eigenvalue weighted by Gasteiger charge is 2.22. The van der Waals surface area contributed by atoms with Crippen molar-refractivity contribution in [2.24, 2.45) is 0 Å². The van der Waals surface area contributed by atoms with Gasteiger partial charge in [-0.1, -0.05) is 45.4 Å². The summed E-state index contributed by atoms with van der Waals surface area (Å²) < 4.78 is 5.93. The standard InChI is InChI=1S/C24H27NO4/c1-4-7-11-20-21(23(27)18-14-17(26)12-13-19(18)29-20)24(28)25-22-15(5-2)9-8-10-16(22)6-3/h8-10,12-14,26H,4-7,11H2,1-3H3,(H,25,28). The molecule has 5 nitrogen and oxygen atoms in total. The summed E-state index contributed by atoms with van der Waals surface area (Å²) in [7, 11) is 0. The lowest BCUT2D eigenvalue weighted by atomic mass is 10.0. The van der Waals surface area contributed by atoms with E-state index in [1.807, 2.05) is 39.0 Å². The van der Waals surface area contributed by atoms with E-state index in [4.69, 9.17) is 4.42 Å². The topological polar surface area (TPSA) is 79.5 Å². The molecule has 3 rings (SSSR count).